The zero-order chi connectivity index (χ0) is 23.8. The highest BCUT2D eigenvalue weighted by atomic mass is 32.2. The SMILES string of the molecule is COc1cc(F)ccc1C1=C(c2ccc(O)cc2)c2ccc(OC(=O)C(C)(C)C)cc2SC1. The number of methoxy groups -OCH3 is 1. The molecular formula is C27H25FO4S. The van der Waals surface area contributed by atoms with Gasteiger partial charge in [-0.3, -0.25) is 4.79 Å². The van der Waals surface area contributed by atoms with E-state index >= 15 is 0 Å². The summed E-state index contributed by atoms with van der Waals surface area (Å²) in [4.78, 5) is 13.3. The van der Waals surface area contributed by atoms with Crippen molar-refractivity contribution in [1.82, 2.24) is 0 Å². The minimum atomic E-state index is -0.605. The molecule has 0 unspecified atom stereocenters. The number of aromatic hydroxyl groups is 1. The molecule has 1 aliphatic rings. The van der Waals surface area contributed by atoms with E-state index in [9.17, 15) is 14.3 Å². The molecule has 1 N–H and O–H groups in total. The molecule has 0 bridgehead atoms. The predicted molar refractivity (Wildman–Crippen MR) is 129 cm³/mol. The molecule has 4 rings (SSSR count). The first-order chi connectivity index (χ1) is 15.7. The van der Waals surface area contributed by atoms with Gasteiger partial charge in [-0.25, -0.2) is 4.39 Å². The number of benzene rings is 3. The van der Waals surface area contributed by atoms with Gasteiger partial charge in [0.2, 0.25) is 0 Å². The van der Waals surface area contributed by atoms with Crippen LogP contribution >= 0.6 is 11.8 Å². The van der Waals surface area contributed by atoms with Crippen LogP contribution in [-0.2, 0) is 4.79 Å². The molecule has 33 heavy (non-hydrogen) atoms. The molecule has 0 spiro atoms. The van der Waals surface area contributed by atoms with Crippen LogP contribution in [0.15, 0.2) is 65.6 Å². The summed E-state index contributed by atoms with van der Waals surface area (Å²) in [6.45, 7) is 5.45. The maximum atomic E-state index is 13.9. The molecule has 4 nitrogen and oxygen atoms in total. The number of carbonyl (C=O) groups is 1. The second-order valence-electron chi connectivity index (χ2n) is 8.83. The number of phenolic OH excluding ortho intramolecular Hbond substituents is 1. The average Bonchev–Trinajstić information content (AvgIpc) is 2.78. The molecule has 3 aromatic carbocycles. The molecule has 0 amide bonds. The van der Waals surface area contributed by atoms with Gasteiger partial charge in [0.15, 0.2) is 0 Å². The first-order valence-corrected chi connectivity index (χ1v) is 11.5. The molecule has 1 heterocycles. The molecule has 0 aliphatic carbocycles. The van der Waals surface area contributed by atoms with Crippen molar-refractivity contribution >= 4 is 28.9 Å². The molecular weight excluding hydrogens is 439 g/mol. The van der Waals surface area contributed by atoms with E-state index in [0.717, 1.165) is 32.7 Å². The summed E-state index contributed by atoms with van der Waals surface area (Å²) in [5, 5.41) is 9.80. The maximum absolute atomic E-state index is 13.9. The third-order valence-electron chi connectivity index (χ3n) is 5.36. The van der Waals surface area contributed by atoms with Crippen molar-refractivity contribution in [3.63, 3.8) is 0 Å². The van der Waals surface area contributed by atoms with E-state index in [4.69, 9.17) is 9.47 Å². The second-order valence-corrected chi connectivity index (χ2v) is 9.85. The number of carbonyl (C=O) groups excluding carboxylic acids is 1. The van der Waals surface area contributed by atoms with Gasteiger partial charge in [-0.2, -0.15) is 0 Å². The van der Waals surface area contributed by atoms with Gasteiger partial charge in [0, 0.05) is 22.3 Å². The second kappa shape index (κ2) is 8.94. The van der Waals surface area contributed by atoms with Crippen LogP contribution < -0.4 is 9.47 Å². The van der Waals surface area contributed by atoms with Gasteiger partial charge in [-0.1, -0.05) is 12.1 Å². The number of esters is 1. The summed E-state index contributed by atoms with van der Waals surface area (Å²) in [6.07, 6.45) is 0. The van der Waals surface area contributed by atoms with E-state index in [-0.39, 0.29) is 17.5 Å². The fourth-order valence-corrected chi connectivity index (χ4v) is 4.75. The normalized spacial score (nSPS) is 13.5. The fourth-order valence-electron chi connectivity index (χ4n) is 3.62. The van der Waals surface area contributed by atoms with Crippen molar-refractivity contribution in [2.75, 3.05) is 12.9 Å². The lowest BCUT2D eigenvalue weighted by molar-refractivity contribution is -0.143. The summed E-state index contributed by atoms with van der Waals surface area (Å²) < 4.78 is 25.0. The molecule has 0 saturated heterocycles. The highest BCUT2D eigenvalue weighted by Gasteiger charge is 2.27. The number of ether oxygens (including phenoxy) is 2. The van der Waals surface area contributed by atoms with Crippen LogP contribution in [0.4, 0.5) is 4.39 Å². The Bertz CT molecular complexity index is 1240. The van der Waals surface area contributed by atoms with E-state index in [0.29, 0.717) is 17.3 Å². The number of thioether (sulfide) groups is 1. The van der Waals surface area contributed by atoms with Crippen LogP contribution in [0.1, 0.15) is 37.5 Å². The van der Waals surface area contributed by atoms with E-state index in [1.54, 1.807) is 36.0 Å². The lowest BCUT2D eigenvalue weighted by atomic mass is 9.89. The molecule has 0 radical (unpaired) electrons. The Morgan fingerprint density at radius 3 is 2.36 bits per heavy atom. The Balaban J connectivity index is 1.87. The van der Waals surface area contributed by atoms with Crippen molar-refractivity contribution in [2.24, 2.45) is 5.41 Å². The Morgan fingerprint density at radius 1 is 1.00 bits per heavy atom. The van der Waals surface area contributed by atoms with Crippen LogP contribution in [0.2, 0.25) is 0 Å². The van der Waals surface area contributed by atoms with Crippen LogP contribution in [0.5, 0.6) is 17.2 Å². The lowest BCUT2D eigenvalue weighted by Crippen LogP contribution is -2.25. The van der Waals surface area contributed by atoms with Crippen LogP contribution in [0, 0.1) is 11.2 Å². The number of hydrogen-bond donors (Lipinski definition) is 1. The third kappa shape index (κ3) is 4.76. The number of hydrogen-bond acceptors (Lipinski definition) is 5. The Morgan fingerprint density at radius 2 is 1.70 bits per heavy atom. The first kappa shape index (κ1) is 22.9. The summed E-state index contributed by atoms with van der Waals surface area (Å²) in [5.74, 6) is 1.08. The van der Waals surface area contributed by atoms with E-state index in [1.165, 1.54) is 19.2 Å². The predicted octanol–water partition coefficient (Wildman–Crippen LogP) is 6.56. The van der Waals surface area contributed by atoms with Gasteiger partial charge >= 0.3 is 5.97 Å². The van der Waals surface area contributed by atoms with E-state index in [1.807, 2.05) is 45.0 Å². The van der Waals surface area contributed by atoms with Crippen molar-refractivity contribution in [3.8, 4) is 17.2 Å². The van der Waals surface area contributed by atoms with Gasteiger partial charge in [0.25, 0.3) is 0 Å². The Kier molecular flexibility index (Phi) is 6.21. The summed E-state index contributed by atoms with van der Waals surface area (Å²) in [5.41, 5.74) is 4.04. The molecule has 170 valence electrons. The zero-order valence-electron chi connectivity index (χ0n) is 18.9. The number of rotatable bonds is 4. The number of halogens is 1. The third-order valence-corrected chi connectivity index (χ3v) is 6.45. The van der Waals surface area contributed by atoms with Gasteiger partial charge in [-0.15, -0.1) is 11.8 Å². The minimum Gasteiger partial charge on any atom is -0.508 e. The Hall–Kier alpha value is -3.25. The summed E-state index contributed by atoms with van der Waals surface area (Å²) in [6, 6.07) is 17.1. The average molecular weight is 465 g/mol. The molecule has 6 heteroatoms. The van der Waals surface area contributed by atoms with Crippen molar-refractivity contribution in [3.05, 3.63) is 83.2 Å². The van der Waals surface area contributed by atoms with Crippen molar-refractivity contribution in [1.29, 1.82) is 0 Å². The molecule has 3 aromatic rings. The van der Waals surface area contributed by atoms with Gasteiger partial charge in [0.1, 0.15) is 23.1 Å². The largest absolute Gasteiger partial charge is 0.508 e. The number of fused-ring (bicyclic) bond motifs is 1. The zero-order valence-corrected chi connectivity index (χ0v) is 19.8. The fraction of sp³-hybridized carbons (Fsp3) is 0.222. The van der Waals surface area contributed by atoms with E-state index in [2.05, 4.69) is 0 Å². The standard InChI is InChI=1S/C27H25FO4S/c1-27(2,3)26(30)32-19-10-12-21-24(14-19)33-15-22(20-11-7-17(28)13-23(20)31-4)25(21)16-5-8-18(29)9-6-16/h5-14,29H,15H2,1-4H3. The van der Waals surface area contributed by atoms with Gasteiger partial charge < -0.3 is 14.6 Å². The lowest BCUT2D eigenvalue weighted by Gasteiger charge is -2.26. The highest BCUT2D eigenvalue weighted by molar-refractivity contribution is 7.99. The van der Waals surface area contributed by atoms with Crippen LogP contribution in [0.25, 0.3) is 11.1 Å². The molecule has 0 saturated carbocycles. The summed E-state index contributed by atoms with van der Waals surface area (Å²) >= 11 is 1.62. The summed E-state index contributed by atoms with van der Waals surface area (Å²) in [7, 11) is 1.53. The maximum Gasteiger partial charge on any atom is 0.316 e. The topological polar surface area (TPSA) is 55.8 Å². The number of phenols is 1. The monoisotopic (exact) mass is 464 g/mol. The molecule has 0 fully saturated rings. The van der Waals surface area contributed by atoms with Crippen molar-refractivity contribution in [2.45, 2.75) is 25.7 Å². The van der Waals surface area contributed by atoms with Gasteiger partial charge in [0.05, 0.1) is 12.5 Å². The Labute approximate surface area is 197 Å². The smallest absolute Gasteiger partial charge is 0.316 e. The van der Waals surface area contributed by atoms with Crippen LogP contribution in [-0.4, -0.2) is 23.9 Å². The molecule has 0 aromatic heterocycles. The molecule has 0 atom stereocenters. The molecule has 1 aliphatic heterocycles. The first-order valence-electron chi connectivity index (χ1n) is 10.5. The quantitative estimate of drug-likeness (QED) is 0.350. The van der Waals surface area contributed by atoms with Gasteiger partial charge in [-0.05, 0) is 85.5 Å². The minimum absolute atomic E-state index is 0.176. The van der Waals surface area contributed by atoms with Crippen LogP contribution in [0.3, 0.4) is 0 Å². The van der Waals surface area contributed by atoms with Crippen molar-refractivity contribution < 1.29 is 23.8 Å². The highest BCUT2D eigenvalue weighted by Crippen LogP contribution is 2.47. The van der Waals surface area contributed by atoms with E-state index < -0.39 is 5.41 Å².